The molecule has 0 amide bonds. The van der Waals surface area contributed by atoms with Gasteiger partial charge >= 0.3 is 0 Å². The van der Waals surface area contributed by atoms with Gasteiger partial charge in [-0.05, 0) is 24.1 Å². The van der Waals surface area contributed by atoms with E-state index in [4.69, 9.17) is 0 Å². The summed E-state index contributed by atoms with van der Waals surface area (Å²) in [5.41, 5.74) is 4.59. The molecule has 4 heterocycles. The maximum atomic E-state index is 13.7. The zero-order valence-corrected chi connectivity index (χ0v) is 17.7. The first-order valence-electron chi connectivity index (χ1n) is 9.96. The van der Waals surface area contributed by atoms with E-state index in [0.717, 1.165) is 29.4 Å². The van der Waals surface area contributed by atoms with Crippen LogP contribution in [0.4, 0.5) is 10.2 Å². The van der Waals surface area contributed by atoms with Gasteiger partial charge in [-0.15, -0.1) is 4.31 Å². The fourth-order valence-corrected chi connectivity index (χ4v) is 4.49. The summed E-state index contributed by atoms with van der Waals surface area (Å²) in [5, 5.41) is 4.63. The van der Waals surface area contributed by atoms with Gasteiger partial charge in [-0.3, -0.25) is 4.98 Å². The van der Waals surface area contributed by atoms with Crippen molar-refractivity contribution in [2.45, 2.75) is 19.5 Å². The van der Waals surface area contributed by atoms with Crippen LogP contribution in [-0.2, 0) is 30.9 Å². The number of benzene rings is 1. The lowest BCUT2D eigenvalue weighted by molar-refractivity contribution is 0.434. The Labute approximate surface area is 182 Å². The van der Waals surface area contributed by atoms with Gasteiger partial charge < -0.3 is 14.9 Å². The van der Waals surface area contributed by atoms with Crippen LogP contribution in [0.2, 0.25) is 0 Å². The second-order valence-corrected chi connectivity index (χ2v) is 8.83. The van der Waals surface area contributed by atoms with E-state index in [1.807, 2.05) is 22.6 Å². The number of rotatable bonds is 6. The first kappa shape index (κ1) is 19.9. The maximum absolute atomic E-state index is 13.7. The minimum absolute atomic E-state index is 0.407. The Morgan fingerprint density at radius 3 is 2.94 bits per heavy atom. The molecule has 4 aromatic rings. The van der Waals surface area contributed by atoms with E-state index >= 15 is 0 Å². The Bertz CT molecular complexity index is 1240. The molecule has 7 nitrogen and oxygen atoms in total. The molecule has 1 aromatic carbocycles. The van der Waals surface area contributed by atoms with E-state index < -0.39 is 17.2 Å². The Morgan fingerprint density at radius 1 is 1.23 bits per heavy atom. The topological polar surface area (TPSA) is 92.8 Å². The highest BCUT2D eigenvalue weighted by Gasteiger charge is 2.30. The van der Waals surface area contributed by atoms with Crippen LogP contribution in [0.1, 0.15) is 16.8 Å². The molecule has 0 spiro atoms. The summed E-state index contributed by atoms with van der Waals surface area (Å²) in [5.74, 6) is 0.660. The van der Waals surface area contributed by atoms with Crippen molar-refractivity contribution in [3.05, 3.63) is 71.6 Å². The number of H-pyrrole nitrogens is 1. The summed E-state index contributed by atoms with van der Waals surface area (Å²) < 4.78 is 27.6. The molecule has 158 valence electrons. The van der Waals surface area contributed by atoms with Crippen LogP contribution in [0, 0.1) is 5.82 Å². The van der Waals surface area contributed by atoms with Crippen LogP contribution in [0.15, 0.2) is 48.9 Å². The molecule has 1 aliphatic heterocycles. The molecular formula is C22H21FN6OS. The smallest absolute Gasteiger partial charge is 0.163 e. The second kappa shape index (κ2) is 8.26. The average Bonchev–Trinajstić information content (AvgIpc) is 3.38. The number of pyridine rings is 1. The second-order valence-electron chi connectivity index (χ2n) is 7.47. The van der Waals surface area contributed by atoms with Gasteiger partial charge in [-0.2, -0.15) is 0 Å². The quantitative estimate of drug-likeness (QED) is 0.450. The van der Waals surface area contributed by atoms with E-state index in [-0.39, 0.29) is 0 Å². The zero-order chi connectivity index (χ0) is 21.4. The first-order valence-corrected chi connectivity index (χ1v) is 11.5. The van der Waals surface area contributed by atoms with Crippen molar-refractivity contribution in [3.63, 3.8) is 0 Å². The SMILES string of the molecule is C[S+]([O-])N1Cc2nc(-c3cncc(F)c3)nc(NCCc3c[nH]c4ccccc34)c2C1. The number of fused-ring (bicyclic) bond motifs is 2. The predicted octanol–water partition coefficient (Wildman–Crippen LogP) is 3.42. The van der Waals surface area contributed by atoms with Gasteiger partial charge in [0.2, 0.25) is 0 Å². The van der Waals surface area contributed by atoms with Gasteiger partial charge in [0.15, 0.2) is 5.82 Å². The van der Waals surface area contributed by atoms with Gasteiger partial charge in [-0.25, -0.2) is 14.4 Å². The summed E-state index contributed by atoms with van der Waals surface area (Å²) in [7, 11) is 0. The Balaban J connectivity index is 1.42. The number of para-hydroxylation sites is 1. The van der Waals surface area contributed by atoms with Gasteiger partial charge in [0.05, 0.1) is 25.0 Å². The highest BCUT2D eigenvalue weighted by Crippen LogP contribution is 2.31. The molecule has 1 atom stereocenters. The molecule has 0 aliphatic carbocycles. The fourth-order valence-electron chi connectivity index (χ4n) is 3.87. The van der Waals surface area contributed by atoms with Crippen LogP contribution in [0.25, 0.3) is 22.3 Å². The number of halogens is 1. The van der Waals surface area contributed by atoms with Crippen molar-refractivity contribution >= 4 is 28.1 Å². The molecular weight excluding hydrogens is 415 g/mol. The lowest BCUT2D eigenvalue weighted by Crippen LogP contribution is -2.24. The molecule has 5 rings (SSSR count). The molecule has 1 unspecified atom stereocenters. The largest absolute Gasteiger partial charge is 0.598 e. The minimum atomic E-state index is -1.11. The minimum Gasteiger partial charge on any atom is -0.598 e. The summed E-state index contributed by atoms with van der Waals surface area (Å²) in [6.45, 7) is 1.64. The molecule has 0 radical (unpaired) electrons. The average molecular weight is 437 g/mol. The molecule has 2 N–H and O–H groups in total. The van der Waals surface area contributed by atoms with E-state index in [2.05, 4.69) is 37.4 Å². The van der Waals surface area contributed by atoms with Crippen LogP contribution < -0.4 is 5.32 Å². The monoisotopic (exact) mass is 436 g/mol. The molecule has 9 heteroatoms. The lowest BCUT2D eigenvalue weighted by atomic mass is 10.1. The molecule has 31 heavy (non-hydrogen) atoms. The number of aromatic nitrogens is 4. The molecule has 0 fully saturated rings. The van der Waals surface area contributed by atoms with E-state index in [9.17, 15) is 8.94 Å². The van der Waals surface area contributed by atoms with Crippen LogP contribution in [0.3, 0.4) is 0 Å². The Hall–Kier alpha value is -3.01. The van der Waals surface area contributed by atoms with Gasteiger partial charge in [0, 0.05) is 52.3 Å². The summed E-state index contributed by atoms with van der Waals surface area (Å²) in [6, 6.07) is 9.57. The third-order valence-electron chi connectivity index (χ3n) is 5.44. The Morgan fingerprint density at radius 2 is 2.10 bits per heavy atom. The fraction of sp³-hybridized carbons (Fsp3) is 0.227. The lowest BCUT2D eigenvalue weighted by Gasteiger charge is -2.14. The molecule has 0 saturated heterocycles. The van der Waals surface area contributed by atoms with Crippen molar-refractivity contribution in [2.24, 2.45) is 0 Å². The molecule has 0 saturated carbocycles. The highest BCUT2D eigenvalue weighted by molar-refractivity contribution is 7.88. The van der Waals surface area contributed by atoms with Crippen molar-refractivity contribution in [2.75, 3.05) is 18.1 Å². The van der Waals surface area contributed by atoms with Gasteiger partial charge in [0.1, 0.15) is 17.9 Å². The number of anilines is 1. The van der Waals surface area contributed by atoms with Crippen molar-refractivity contribution in [1.29, 1.82) is 0 Å². The Kier molecular flexibility index (Phi) is 5.31. The van der Waals surface area contributed by atoms with Crippen molar-refractivity contribution in [3.8, 4) is 11.4 Å². The summed E-state index contributed by atoms with van der Waals surface area (Å²) in [6.07, 6.45) is 7.19. The van der Waals surface area contributed by atoms with Gasteiger partial charge in [0.25, 0.3) is 0 Å². The van der Waals surface area contributed by atoms with Crippen molar-refractivity contribution < 1.29 is 8.94 Å². The number of hydrogen-bond acceptors (Lipinski definition) is 6. The summed E-state index contributed by atoms with van der Waals surface area (Å²) >= 11 is -1.11. The highest BCUT2D eigenvalue weighted by atomic mass is 32.2. The van der Waals surface area contributed by atoms with E-state index in [1.165, 1.54) is 17.0 Å². The number of aromatic amines is 1. The maximum Gasteiger partial charge on any atom is 0.163 e. The molecule has 3 aromatic heterocycles. The van der Waals surface area contributed by atoms with Crippen LogP contribution >= 0.6 is 0 Å². The van der Waals surface area contributed by atoms with Gasteiger partial charge in [-0.1, -0.05) is 18.2 Å². The normalized spacial score (nSPS) is 14.7. The number of nitrogens with one attached hydrogen (secondary N) is 2. The predicted molar refractivity (Wildman–Crippen MR) is 119 cm³/mol. The molecule has 0 bridgehead atoms. The third-order valence-corrected chi connectivity index (χ3v) is 6.43. The van der Waals surface area contributed by atoms with E-state index in [0.29, 0.717) is 36.8 Å². The first-order chi connectivity index (χ1) is 15.1. The van der Waals surface area contributed by atoms with Crippen molar-refractivity contribution in [1.82, 2.24) is 24.2 Å². The van der Waals surface area contributed by atoms with E-state index in [1.54, 1.807) is 12.5 Å². The molecule has 1 aliphatic rings. The number of nitrogens with zero attached hydrogens (tertiary/aromatic N) is 4. The van der Waals surface area contributed by atoms with Crippen LogP contribution in [0.5, 0.6) is 0 Å². The number of hydrogen-bond donors (Lipinski definition) is 2. The third kappa shape index (κ3) is 3.99. The van der Waals surface area contributed by atoms with Crippen LogP contribution in [-0.4, -0.2) is 41.6 Å². The summed E-state index contributed by atoms with van der Waals surface area (Å²) in [4.78, 5) is 16.5. The standard InChI is InChI=1S/C22H21FN6OS/c1-31(30)29-12-18-20(13-29)27-21(15-8-16(23)11-24-9-15)28-22(18)25-7-6-14-10-26-19-5-3-2-4-17(14)19/h2-5,8-11,26H,6-7,12-13H2,1H3,(H,25,27,28). The zero-order valence-electron chi connectivity index (χ0n) is 16.9.